The molecule has 1 aliphatic heterocycles. The summed E-state index contributed by atoms with van der Waals surface area (Å²) in [6, 6.07) is 6.62. The second-order valence-electron chi connectivity index (χ2n) is 5.54. The van der Waals surface area contributed by atoms with E-state index in [1.54, 1.807) is 0 Å². The summed E-state index contributed by atoms with van der Waals surface area (Å²) in [6.45, 7) is 9.70. The van der Waals surface area contributed by atoms with Crippen molar-refractivity contribution >= 4 is 5.69 Å². The second-order valence-corrected chi connectivity index (χ2v) is 5.54. The minimum atomic E-state index is 0.175. The Morgan fingerprint density at radius 1 is 1.28 bits per heavy atom. The molecule has 0 radical (unpaired) electrons. The van der Waals surface area contributed by atoms with Crippen LogP contribution in [0.15, 0.2) is 18.2 Å². The molecule has 1 fully saturated rings. The third-order valence-electron chi connectivity index (χ3n) is 3.70. The number of aryl methyl sites for hydroxylation is 2. The fourth-order valence-electron chi connectivity index (χ4n) is 2.82. The summed E-state index contributed by atoms with van der Waals surface area (Å²) in [5, 5.41) is 12.8. The van der Waals surface area contributed by atoms with E-state index in [1.807, 2.05) is 0 Å². The zero-order valence-electron chi connectivity index (χ0n) is 11.6. The van der Waals surface area contributed by atoms with Crippen LogP contribution in [0.4, 0.5) is 5.69 Å². The molecule has 2 unspecified atom stereocenters. The summed E-state index contributed by atoms with van der Waals surface area (Å²) in [6.07, 6.45) is 0. The van der Waals surface area contributed by atoms with Crippen LogP contribution < -0.4 is 10.2 Å². The van der Waals surface area contributed by atoms with Gasteiger partial charge >= 0.3 is 0 Å². The van der Waals surface area contributed by atoms with Gasteiger partial charge in [-0.2, -0.15) is 0 Å². The standard InChI is InChI=1S/C15H24N2O/c1-11-7-16-14(10-18)9-17(8-11)15-12(2)5-4-6-13(15)3/h4-6,11,14,16,18H,7-10H2,1-3H3. The number of anilines is 1. The molecule has 0 bridgehead atoms. The van der Waals surface area contributed by atoms with Crippen molar-refractivity contribution in [1.82, 2.24) is 5.32 Å². The smallest absolute Gasteiger partial charge is 0.0601 e. The van der Waals surface area contributed by atoms with Crippen LogP contribution >= 0.6 is 0 Å². The van der Waals surface area contributed by atoms with E-state index < -0.39 is 0 Å². The molecule has 100 valence electrons. The highest BCUT2D eigenvalue weighted by Crippen LogP contribution is 2.26. The third kappa shape index (κ3) is 2.85. The fourth-order valence-corrected chi connectivity index (χ4v) is 2.82. The highest BCUT2D eigenvalue weighted by molar-refractivity contribution is 5.59. The molecule has 0 spiro atoms. The normalized spacial score (nSPS) is 25.0. The summed E-state index contributed by atoms with van der Waals surface area (Å²) in [4.78, 5) is 2.43. The molecule has 2 rings (SSSR count). The molecular weight excluding hydrogens is 224 g/mol. The first-order valence-electron chi connectivity index (χ1n) is 6.77. The number of benzene rings is 1. The van der Waals surface area contributed by atoms with Gasteiger partial charge < -0.3 is 15.3 Å². The van der Waals surface area contributed by atoms with Crippen molar-refractivity contribution in [2.45, 2.75) is 26.8 Å². The molecular formula is C15H24N2O. The third-order valence-corrected chi connectivity index (χ3v) is 3.70. The van der Waals surface area contributed by atoms with E-state index in [2.05, 4.69) is 49.2 Å². The van der Waals surface area contributed by atoms with E-state index in [0.29, 0.717) is 5.92 Å². The van der Waals surface area contributed by atoms with Gasteiger partial charge in [0, 0.05) is 24.8 Å². The van der Waals surface area contributed by atoms with Gasteiger partial charge in [-0.25, -0.2) is 0 Å². The van der Waals surface area contributed by atoms with Crippen molar-refractivity contribution in [2.24, 2.45) is 5.92 Å². The van der Waals surface area contributed by atoms with Crippen LogP contribution in [0.25, 0.3) is 0 Å². The molecule has 2 N–H and O–H groups in total. The summed E-state index contributed by atoms with van der Waals surface area (Å²) >= 11 is 0. The van der Waals surface area contributed by atoms with Gasteiger partial charge in [-0.05, 0) is 37.4 Å². The molecule has 1 aromatic carbocycles. The van der Waals surface area contributed by atoms with E-state index in [4.69, 9.17) is 0 Å². The molecule has 1 aromatic rings. The average Bonchev–Trinajstić information content (AvgIpc) is 2.51. The van der Waals surface area contributed by atoms with Crippen LogP contribution in [0.2, 0.25) is 0 Å². The molecule has 0 aliphatic carbocycles. The molecule has 3 heteroatoms. The van der Waals surface area contributed by atoms with Crippen LogP contribution in [-0.4, -0.2) is 37.4 Å². The maximum absolute atomic E-state index is 9.42. The number of aliphatic hydroxyl groups is 1. The van der Waals surface area contributed by atoms with Crippen molar-refractivity contribution in [3.8, 4) is 0 Å². The predicted molar refractivity (Wildman–Crippen MR) is 76.2 cm³/mol. The second kappa shape index (κ2) is 5.72. The number of para-hydroxylation sites is 1. The molecule has 1 saturated heterocycles. The summed E-state index contributed by atoms with van der Waals surface area (Å²) in [5.74, 6) is 0.598. The number of hydrogen-bond acceptors (Lipinski definition) is 3. The van der Waals surface area contributed by atoms with Crippen molar-refractivity contribution in [1.29, 1.82) is 0 Å². The molecule has 0 saturated carbocycles. The number of nitrogens with one attached hydrogen (secondary N) is 1. The van der Waals surface area contributed by atoms with Gasteiger partial charge in [0.05, 0.1) is 6.61 Å². The fraction of sp³-hybridized carbons (Fsp3) is 0.600. The number of aliphatic hydroxyl groups excluding tert-OH is 1. The van der Waals surface area contributed by atoms with E-state index in [1.165, 1.54) is 16.8 Å². The predicted octanol–water partition coefficient (Wildman–Crippen LogP) is 1.71. The van der Waals surface area contributed by atoms with Gasteiger partial charge in [-0.1, -0.05) is 25.1 Å². The van der Waals surface area contributed by atoms with Gasteiger partial charge in [-0.15, -0.1) is 0 Å². The highest BCUT2D eigenvalue weighted by Gasteiger charge is 2.22. The first kappa shape index (κ1) is 13.4. The minimum Gasteiger partial charge on any atom is -0.395 e. The quantitative estimate of drug-likeness (QED) is 0.836. The lowest BCUT2D eigenvalue weighted by molar-refractivity contribution is 0.247. The largest absolute Gasteiger partial charge is 0.395 e. The Hall–Kier alpha value is -1.06. The SMILES string of the molecule is Cc1cccc(C)c1N1CC(C)CNC(CO)C1. The average molecular weight is 248 g/mol. The molecule has 0 aromatic heterocycles. The van der Waals surface area contributed by atoms with Gasteiger partial charge in [0.15, 0.2) is 0 Å². The van der Waals surface area contributed by atoms with Gasteiger partial charge in [0.2, 0.25) is 0 Å². The maximum Gasteiger partial charge on any atom is 0.0601 e. The first-order chi connectivity index (χ1) is 8.61. The van der Waals surface area contributed by atoms with E-state index in [9.17, 15) is 5.11 Å². The zero-order chi connectivity index (χ0) is 13.1. The van der Waals surface area contributed by atoms with Crippen LogP contribution in [-0.2, 0) is 0 Å². The van der Waals surface area contributed by atoms with E-state index >= 15 is 0 Å². The number of nitrogens with zero attached hydrogens (tertiary/aromatic N) is 1. The van der Waals surface area contributed by atoms with Gasteiger partial charge in [0.1, 0.15) is 0 Å². The Morgan fingerprint density at radius 3 is 2.56 bits per heavy atom. The summed E-state index contributed by atoms with van der Waals surface area (Å²) < 4.78 is 0. The maximum atomic E-state index is 9.42. The lowest BCUT2D eigenvalue weighted by atomic mass is 10.1. The zero-order valence-corrected chi connectivity index (χ0v) is 11.6. The van der Waals surface area contributed by atoms with Crippen molar-refractivity contribution in [3.05, 3.63) is 29.3 Å². The number of hydrogen-bond donors (Lipinski definition) is 2. The number of rotatable bonds is 2. The molecule has 2 atom stereocenters. The summed E-state index contributed by atoms with van der Waals surface area (Å²) in [5.41, 5.74) is 3.98. The van der Waals surface area contributed by atoms with Crippen LogP contribution in [0.5, 0.6) is 0 Å². The molecule has 18 heavy (non-hydrogen) atoms. The van der Waals surface area contributed by atoms with Crippen molar-refractivity contribution in [3.63, 3.8) is 0 Å². The Labute approximate surface area is 110 Å². The lowest BCUT2D eigenvalue weighted by Gasteiger charge is -2.29. The highest BCUT2D eigenvalue weighted by atomic mass is 16.3. The Kier molecular flexibility index (Phi) is 4.25. The van der Waals surface area contributed by atoms with E-state index in [0.717, 1.165) is 19.6 Å². The molecule has 0 amide bonds. The first-order valence-corrected chi connectivity index (χ1v) is 6.77. The lowest BCUT2D eigenvalue weighted by Crippen LogP contribution is -2.40. The van der Waals surface area contributed by atoms with Gasteiger partial charge in [0.25, 0.3) is 0 Å². The van der Waals surface area contributed by atoms with Crippen LogP contribution in [0.3, 0.4) is 0 Å². The topological polar surface area (TPSA) is 35.5 Å². The molecule has 1 aliphatic rings. The molecule has 3 nitrogen and oxygen atoms in total. The monoisotopic (exact) mass is 248 g/mol. The molecule has 1 heterocycles. The summed E-state index contributed by atoms with van der Waals surface area (Å²) in [7, 11) is 0. The Morgan fingerprint density at radius 2 is 1.94 bits per heavy atom. The van der Waals surface area contributed by atoms with Crippen LogP contribution in [0, 0.1) is 19.8 Å². The Balaban J connectivity index is 2.29. The van der Waals surface area contributed by atoms with Crippen LogP contribution in [0.1, 0.15) is 18.1 Å². The van der Waals surface area contributed by atoms with E-state index in [-0.39, 0.29) is 12.6 Å². The van der Waals surface area contributed by atoms with Crippen molar-refractivity contribution in [2.75, 3.05) is 31.1 Å². The van der Waals surface area contributed by atoms with Crippen molar-refractivity contribution < 1.29 is 5.11 Å². The van der Waals surface area contributed by atoms with Gasteiger partial charge in [-0.3, -0.25) is 0 Å². The minimum absolute atomic E-state index is 0.175. The Bertz CT molecular complexity index is 385.